The van der Waals surface area contributed by atoms with Gasteiger partial charge >= 0.3 is 0 Å². The molecular weight excluding hydrogens is 168 g/mol. The SMILES string of the molecule is O=C[C@H]1O[C@H](O)[C@H](O)[C@@H](O)[C@@H]1O. The van der Waals surface area contributed by atoms with E-state index in [0.717, 1.165) is 0 Å². The Morgan fingerprint density at radius 3 is 2.08 bits per heavy atom. The maximum absolute atomic E-state index is 10.2. The first-order chi connectivity index (χ1) is 5.57. The van der Waals surface area contributed by atoms with E-state index in [-0.39, 0.29) is 6.29 Å². The van der Waals surface area contributed by atoms with Crippen LogP contribution in [0.3, 0.4) is 0 Å². The molecule has 5 atom stereocenters. The van der Waals surface area contributed by atoms with E-state index in [1.807, 2.05) is 0 Å². The monoisotopic (exact) mass is 178 g/mol. The third-order valence-corrected chi connectivity index (χ3v) is 1.76. The molecule has 1 heterocycles. The van der Waals surface area contributed by atoms with Crippen LogP contribution < -0.4 is 0 Å². The molecule has 1 aliphatic rings. The number of hydrogen-bond acceptors (Lipinski definition) is 6. The lowest BCUT2D eigenvalue weighted by Gasteiger charge is -2.35. The van der Waals surface area contributed by atoms with Gasteiger partial charge < -0.3 is 30.0 Å². The third-order valence-electron chi connectivity index (χ3n) is 1.76. The van der Waals surface area contributed by atoms with Crippen LogP contribution in [0.25, 0.3) is 0 Å². The Hall–Kier alpha value is -0.530. The molecule has 70 valence electrons. The van der Waals surface area contributed by atoms with E-state index >= 15 is 0 Å². The van der Waals surface area contributed by atoms with Crippen molar-refractivity contribution < 1.29 is 30.0 Å². The van der Waals surface area contributed by atoms with Gasteiger partial charge in [0.25, 0.3) is 0 Å². The smallest absolute Gasteiger partial charge is 0.184 e. The maximum Gasteiger partial charge on any atom is 0.184 e. The van der Waals surface area contributed by atoms with E-state index in [2.05, 4.69) is 4.74 Å². The lowest BCUT2D eigenvalue weighted by molar-refractivity contribution is -0.272. The molecule has 0 bridgehead atoms. The van der Waals surface area contributed by atoms with Crippen molar-refractivity contribution in [1.82, 2.24) is 0 Å². The largest absolute Gasteiger partial charge is 0.387 e. The first kappa shape index (κ1) is 9.56. The highest BCUT2D eigenvalue weighted by atomic mass is 16.6. The lowest BCUT2D eigenvalue weighted by atomic mass is 10.00. The van der Waals surface area contributed by atoms with E-state index < -0.39 is 30.7 Å². The van der Waals surface area contributed by atoms with E-state index in [1.54, 1.807) is 0 Å². The molecule has 0 amide bonds. The summed E-state index contributed by atoms with van der Waals surface area (Å²) < 4.78 is 4.46. The Balaban J connectivity index is 2.70. The van der Waals surface area contributed by atoms with Gasteiger partial charge in [-0.15, -0.1) is 0 Å². The molecule has 1 rings (SSSR count). The standard InChI is InChI=1S/C6H10O6/c7-1-2-3(8)4(9)5(10)6(11)12-2/h1-6,8-11H/t2-,3-,4+,5-,6+/m1/s1. The van der Waals surface area contributed by atoms with Crippen LogP contribution in [0.1, 0.15) is 0 Å². The predicted octanol–water partition coefficient (Wildman–Crippen LogP) is -3.01. The molecule has 1 aliphatic heterocycles. The molecule has 1 saturated heterocycles. The zero-order valence-electron chi connectivity index (χ0n) is 6.07. The van der Waals surface area contributed by atoms with Crippen molar-refractivity contribution in [2.75, 3.05) is 0 Å². The number of carbonyl (C=O) groups excluding carboxylic acids is 1. The molecule has 0 aromatic rings. The highest BCUT2D eigenvalue weighted by molar-refractivity contribution is 5.57. The van der Waals surface area contributed by atoms with Crippen LogP contribution in [0.5, 0.6) is 0 Å². The van der Waals surface area contributed by atoms with Gasteiger partial charge in [0.15, 0.2) is 12.6 Å². The van der Waals surface area contributed by atoms with Crippen molar-refractivity contribution >= 4 is 6.29 Å². The summed E-state index contributed by atoms with van der Waals surface area (Å²) in [5.74, 6) is 0. The summed E-state index contributed by atoms with van der Waals surface area (Å²) in [6, 6.07) is 0. The van der Waals surface area contributed by atoms with Gasteiger partial charge in [-0.1, -0.05) is 0 Å². The molecule has 0 saturated carbocycles. The summed E-state index contributed by atoms with van der Waals surface area (Å²) in [6.45, 7) is 0. The highest BCUT2D eigenvalue weighted by Gasteiger charge is 2.42. The molecule has 0 aliphatic carbocycles. The molecule has 0 radical (unpaired) electrons. The predicted molar refractivity (Wildman–Crippen MR) is 35.0 cm³/mol. The Morgan fingerprint density at radius 1 is 1.00 bits per heavy atom. The number of aliphatic hydroxyl groups is 4. The molecule has 0 aromatic heterocycles. The number of carbonyl (C=O) groups is 1. The average Bonchev–Trinajstić information content (AvgIpc) is 2.08. The molecule has 0 aromatic carbocycles. The van der Waals surface area contributed by atoms with Crippen molar-refractivity contribution in [3.05, 3.63) is 0 Å². The van der Waals surface area contributed by atoms with Crippen molar-refractivity contribution in [3.63, 3.8) is 0 Å². The highest BCUT2D eigenvalue weighted by Crippen LogP contribution is 2.18. The Bertz CT molecular complexity index is 171. The molecule has 12 heavy (non-hydrogen) atoms. The Labute approximate surface area is 68.0 Å². The topological polar surface area (TPSA) is 107 Å². The van der Waals surface area contributed by atoms with Crippen molar-refractivity contribution in [3.8, 4) is 0 Å². The lowest BCUT2D eigenvalue weighted by Crippen LogP contribution is -2.57. The fourth-order valence-corrected chi connectivity index (χ4v) is 1.000. The fourth-order valence-electron chi connectivity index (χ4n) is 1.000. The third kappa shape index (κ3) is 1.47. The molecule has 1 fully saturated rings. The maximum atomic E-state index is 10.2. The van der Waals surface area contributed by atoms with Gasteiger partial charge in [0.05, 0.1) is 0 Å². The fraction of sp³-hybridized carbons (Fsp3) is 0.833. The van der Waals surface area contributed by atoms with Gasteiger partial charge in [-0.05, 0) is 0 Å². The van der Waals surface area contributed by atoms with E-state index in [9.17, 15) is 4.79 Å². The van der Waals surface area contributed by atoms with Gasteiger partial charge in [-0.3, -0.25) is 0 Å². The molecule has 6 heteroatoms. The zero-order valence-corrected chi connectivity index (χ0v) is 6.07. The summed E-state index contributed by atoms with van der Waals surface area (Å²) in [5.41, 5.74) is 0. The summed E-state index contributed by atoms with van der Waals surface area (Å²) >= 11 is 0. The van der Waals surface area contributed by atoms with Crippen LogP contribution in [-0.4, -0.2) is 57.4 Å². The van der Waals surface area contributed by atoms with Gasteiger partial charge in [-0.25, -0.2) is 0 Å². The minimum Gasteiger partial charge on any atom is -0.387 e. The van der Waals surface area contributed by atoms with Crippen molar-refractivity contribution in [1.29, 1.82) is 0 Å². The van der Waals surface area contributed by atoms with Gasteiger partial charge in [0, 0.05) is 0 Å². The Kier molecular flexibility index (Phi) is 2.76. The first-order valence-electron chi connectivity index (χ1n) is 3.41. The minimum atomic E-state index is -1.64. The van der Waals surface area contributed by atoms with Crippen LogP contribution in [-0.2, 0) is 9.53 Å². The number of rotatable bonds is 1. The Morgan fingerprint density at radius 2 is 1.58 bits per heavy atom. The summed E-state index contributed by atoms with van der Waals surface area (Å²) in [5, 5.41) is 35.9. The van der Waals surface area contributed by atoms with Crippen LogP contribution in [0, 0.1) is 0 Å². The second-order valence-corrected chi connectivity index (χ2v) is 2.60. The number of aliphatic hydroxyl groups excluding tert-OH is 4. The van der Waals surface area contributed by atoms with E-state index in [0.29, 0.717) is 0 Å². The molecule has 0 spiro atoms. The van der Waals surface area contributed by atoms with Gasteiger partial charge in [-0.2, -0.15) is 0 Å². The van der Waals surface area contributed by atoms with Crippen LogP contribution >= 0.6 is 0 Å². The zero-order chi connectivity index (χ0) is 9.30. The minimum absolute atomic E-state index is 0.253. The summed E-state index contributed by atoms with van der Waals surface area (Å²) in [6.07, 6.45) is -7.33. The average molecular weight is 178 g/mol. The van der Waals surface area contributed by atoms with Crippen molar-refractivity contribution in [2.45, 2.75) is 30.7 Å². The second-order valence-electron chi connectivity index (χ2n) is 2.60. The van der Waals surface area contributed by atoms with Crippen LogP contribution in [0.15, 0.2) is 0 Å². The van der Waals surface area contributed by atoms with Gasteiger partial charge in [0.1, 0.15) is 24.4 Å². The molecule has 4 N–H and O–H groups in total. The summed E-state index contributed by atoms with van der Waals surface area (Å²) in [7, 11) is 0. The van der Waals surface area contributed by atoms with E-state index in [1.165, 1.54) is 0 Å². The number of hydrogen-bond donors (Lipinski definition) is 4. The molecular formula is C6H10O6. The van der Waals surface area contributed by atoms with Crippen LogP contribution in [0.2, 0.25) is 0 Å². The summed E-state index contributed by atoms with van der Waals surface area (Å²) in [4.78, 5) is 10.2. The number of aldehydes is 1. The first-order valence-corrected chi connectivity index (χ1v) is 3.41. The molecule has 0 unspecified atom stereocenters. The second kappa shape index (κ2) is 3.46. The van der Waals surface area contributed by atoms with E-state index in [4.69, 9.17) is 20.4 Å². The normalized spacial score (nSPS) is 48.8. The number of ether oxygens (including phenoxy) is 1. The molecule has 6 nitrogen and oxygen atoms in total. The van der Waals surface area contributed by atoms with Crippen molar-refractivity contribution in [2.24, 2.45) is 0 Å². The van der Waals surface area contributed by atoms with Crippen LogP contribution in [0.4, 0.5) is 0 Å². The van der Waals surface area contributed by atoms with Gasteiger partial charge in [0.2, 0.25) is 0 Å². The quantitative estimate of drug-likeness (QED) is 0.318.